The molecule has 0 aliphatic carbocycles. The zero-order valence-electron chi connectivity index (χ0n) is 13.3. The Labute approximate surface area is 136 Å². The second-order valence-corrected chi connectivity index (χ2v) is 5.85. The highest BCUT2D eigenvalue weighted by molar-refractivity contribution is 5.95. The maximum absolute atomic E-state index is 12.1. The van der Waals surface area contributed by atoms with Gasteiger partial charge in [-0.1, -0.05) is 29.8 Å². The Kier molecular flexibility index (Phi) is 4.71. The van der Waals surface area contributed by atoms with Gasteiger partial charge in [-0.05, 0) is 49.6 Å². The second-order valence-electron chi connectivity index (χ2n) is 5.85. The van der Waals surface area contributed by atoms with Gasteiger partial charge in [-0.25, -0.2) is 5.43 Å². The van der Waals surface area contributed by atoms with Crippen LogP contribution < -0.4 is 10.3 Å². The summed E-state index contributed by atoms with van der Waals surface area (Å²) in [6.45, 7) is 4.24. The summed E-state index contributed by atoms with van der Waals surface area (Å²) >= 11 is 0. The van der Waals surface area contributed by atoms with Crippen LogP contribution in [0.4, 0.5) is 5.69 Å². The minimum Gasteiger partial charge on any atom is -0.372 e. The van der Waals surface area contributed by atoms with Crippen molar-refractivity contribution in [2.24, 2.45) is 5.10 Å². The fourth-order valence-electron chi connectivity index (χ4n) is 2.68. The maximum Gasteiger partial charge on any atom is 0.271 e. The fraction of sp³-hybridized carbons (Fsp3) is 0.263. The summed E-state index contributed by atoms with van der Waals surface area (Å²) in [7, 11) is 0. The molecule has 2 aromatic carbocycles. The minimum atomic E-state index is -0.193. The van der Waals surface area contributed by atoms with E-state index in [1.54, 1.807) is 6.21 Å². The Morgan fingerprint density at radius 2 is 1.70 bits per heavy atom. The third kappa shape index (κ3) is 3.97. The summed E-state index contributed by atoms with van der Waals surface area (Å²) in [6.07, 6.45) is 4.14. The van der Waals surface area contributed by atoms with E-state index in [1.165, 1.54) is 24.1 Å². The second kappa shape index (κ2) is 7.09. The van der Waals surface area contributed by atoms with Crippen molar-refractivity contribution in [1.82, 2.24) is 5.43 Å². The van der Waals surface area contributed by atoms with E-state index >= 15 is 0 Å². The predicted molar refractivity (Wildman–Crippen MR) is 94.1 cm³/mol. The molecule has 4 nitrogen and oxygen atoms in total. The molecule has 0 atom stereocenters. The van der Waals surface area contributed by atoms with Gasteiger partial charge in [0.25, 0.3) is 5.91 Å². The number of benzene rings is 2. The van der Waals surface area contributed by atoms with E-state index in [0.717, 1.165) is 18.7 Å². The lowest BCUT2D eigenvalue weighted by Gasteiger charge is -2.17. The van der Waals surface area contributed by atoms with Crippen LogP contribution in [-0.2, 0) is 0 Å². The zero-order valence-corrected chi connectivity index (χ0v) is 13.3. The lowest BCUT2D eigenvalue weighted by atomic mass is 10.2. The van der Waals surface area contributed by atoms with Gasteiger partial charge in [-0.15, -0.1) is 0 Å². The molecule has 2 aromatic rings. The molecule has 1 amide bonds. The standard InChI is InChI=1S/C19H21N3O/c1-15-4-6-16(7-5-15)14-20-21-19(23)17-8-10-18(11-9-17)22-12-2-3-13-22/h4-11,14H,2-3,12-13H2,1H3,(H,21,23)/b20-14-. The van der Waals surface area contributed by atoms with Crippen LogP contribution in [0.5, 0.6) is 0 Å². The number of nitrogens with zero attached hydrogens (tertiary/aromatic N) is 2. The first-order chi connectivity index (χ1) is 11.2. The molecule has 1 N–H and O–H groups in total. The third-order valence-corrected chi connectivity index (χ3v) is 4.06. The van der Waals surface area contributed by atoms with Crippen LogP contribution in [0.1, 0.15) is 34.3 Å². The molecular formula is C19H21N3O. The molecule has 118 valence electrons. The Morgan fingerprint density at radius 1 is 1.04 bits per heavy atom. The lowest BCUT2D eigenvalue weighted by molar-refractivity contribution is 0.0955. The van der Waals surface area contributed by atoms with Gasteiger partial charge in [0.2, 0.25) is 0 Å². The summed E-state index contributed by atoms with van der Waals surface area (Å²) in [5, 5.41) is 4.01. The number of carbonyl (C=O) groups is 1. The van der Waals surface area contributed by atoms with Crippen LogP contribution in [0.15, 0.2) is 53.6 Å². The highest BCUT2D eigenvalue weighted by Crippen LogP contribution is 2.20. The van der Waals surface area contributed by atoms with Gasteiger partial charge in [0, 0.05) is 24.3 Å². The first kappa shape index (κ1) is 15.3. The first-order valence-electron chi connectivity index (χ1n) is 7.97. The Balaban J connectivity index is 1.58. The molecule has 3 rings (SSSR count). The van der Waals surface area contributed by atoms with E-state index in [9.17, 15) is 4.79 Å². The van der Waals surface area contributed by atoms with Crippen LogP contribution in [0, 0.1) is 6.92 Å². The van der Waals surface area contributed by atoms with Gasteiger partial charge < -0.3 is 4.90 Å². The van der Waals surface area contributed by atoms with Crippen molar-refractivity contribution < 1.29 is 4.79 Å². The van der Waals surface area contributed by atoms with Gasteiger partial charge in [0.15, 0.2) is 0 Å². The van der Waals surface area contributed by atoms with Gasteiger partial charge in [0.05, 0.1) is 6.21 Å². The third-order valence-electron chi connectivity index (χ3n) is 4.06. The van der Waals surface area contributed by atoms with E-state index < -0.39 is 0 Å². The number of nitrogens with one attached hydrogen (secondary N) is 1. The molecule has 1 heterocycles. The predicted octanol–water partition coefficient (Wildman–Crippen LogP) is 3.36. The molecule has 0 aromatic heterocycles. The summed E-state index contributed by atoms with van der Waals surface area (Å²) in [4.78, 5) is 14.4. The van der Waals surface area contributed by atoms with Crippen LogP contribution in [0.3, 0.4) is 0 Å². The van der Waals surface area contributed by atoms with Crippen LogP contribution in [0.2, 0.25) is 0 Å². The van der Waals surface area contributed by atoms with Crippen LogP contribution in [-0.4, -0.2) is 25.2 Å². The van der Waals surface area contributed by atoms with Gasteiger partial charge in [0.1, 0.15) is 0 Å². The van der Waals surface area contributed by atoms with Crippen LogP contribution in [0.25, 0.3) is 0 Å². The number of aryl methyl sites for hydroxylation is 1. The molecule has 1 saturated heterocycles. The quantitative estimate of drug-likeness (QED) is 0.695. The van der Waals surface area contributed by atoms with E-state index in [2.05, 4.69) is 15.4 Å². The summed E-state index contributed by atoms with van der Waals surface area (Å²) in [5.41, 5.74) is 6.53. The number of hydrogen-bond acceptors (Lipinski definition) is 3. The van der Waals surface area contributed by atoms with Crippen LogP contribution >= 0.6 is 0 Å². The number of rotatable bonds is 4. The Hall–Kier alpha value is -2.62. The minimum absolute atomic E-state index is 0.193. The highest BCUT2D eigenvalue weighted by Gasteiger charge is 2.12. The van der Waals surface area contributed by atoms with E-state index in [4.69, 9.17) is 0 Å². The number of anilines is 1. The Bertz CT molecular complexity index is 684. The average Bonchev–Trinajstić information content (AvgIpc) is 3.11. The van der Waals surface area contributed by atoms with E-state index in [0.29, 0.717) is 5.56 Å². The van der Waals surface area contributed by atoms with E-state index in [1.807, 2.05) is 55.5 Å². The Morgan fingerprint density at radius 3 is 2.35 bits per heavy atom. The van der Waals surface area contributed by atoms with Crippen molar-refractivity contribution in [3.05, 3.63) is 65.2 Å². The summed E-state index contributed by atoms with van der Waals surface area (Å²) in [5.74, 6) is -0.193. The molecule has 4 heteroatoms. The molecule has 0 bridgehead atoms. The normalized spacial score (nSPS) is 14.4. The maximum atomic E-state index is 12.1. The average molecular weight is 307 g/mol. The summed E-state index contributed by atoms with van der Waals surface area (Å²) < 4.78 is 0. The van der Waals surface area contributed by atoms with Crippen molar-refractivity contribution in [2.75, 3.05) is 18.0 Å². The smallest absolute Gasteiger partial charge is 0.271 e. The molecule has 23 heavy (non-hydrogen) atoms. The molecule has 0 radical (unpaired) electrons. The van der Waals surface area contributed by atoms with Crippen molar-refractivity contribution in [2.45, 2.75) is 19.8 Å². The van der Waals surface area contributed by atoms with Crippen molar-refractivity contribution >= 4 is 17.8 Å². The number of hydrogen-bond donors (Lipinski definition) is 1. The molecule has 1 aliphatic heterocycles. The van der Waals surface area contributed by atoms with Gasteiger partial charge in [-0.2, -0.15) is 5.10 Å². The fourth-order valence-corrected chi connectivity index (χ4v) is 2.68. The lowest BCUT2D eigenvalue weighted by Crippen LogP contribution is -2.19. The van der Waals surface area contributed by atoms with Crippen molar-refractivity contribution in [3.63, 3.8) is 0 Å². The van der Waals surface area contributed by atoms with Crippen molar-refractivity contribution in [1.29, 1.82) is 0 Å². The SMILES string of the molecule is Cc1ccc(/C=N\NC(=O)c2ccc(N3CCCC3)cc2)cc1. The summed E-state index contributed by atoms with van der Waals surface area (Å²) in [6, 6.07) is 15.7. The highest BCUT2D eigenvalue weighted by atomic mass is 16.2. The van der Waals surface area contributed by atoms with Crippen molar-refractivity contribution in [3.8, 4) is 0 Å². The largest absolute Gasteiger partial charge is 0.372 e. The zero-order chi connectivity index (χ0) is 16.1. The molecule has 1 aliphatic rings. The molecule has 0 saturated carbocycles. The number of hydrazone groups is 1. The topological polar surface area (TPSA) is 44.7 Å². The molecule has 1 fully saturated rings. The molecule has 0 unspecified atom stereocenters. The van der Waals surface area contributed by atoms with E-state index in [-0.39, 0.29) is 5.91 Å². The first-order valence-corrected chi connectivity index (χ1v) is 7.97. The van der Waals surface area contributed by atoms with Gasteiger partial charge >= 0.3 is 0 Å². The molecular weight excluding hydrogens is 286 g/mol. The number of carbonyl (C=O) groups excluding carboxylic acids is 1. The van der Waals surface area contributed by atoms with Gasteiger partial charge in [-0.3, -0.25) is 4.79 Å². The monoisotopic (exact) mass is 307 g/mol. The number of amides is 1. The molecule has 0 spiro atoms.